The van der Waals surface area contributed by atoms with Crippen molar-refractivity contribution < 1.29 is 0 Å². The quantitative estimate of drug-likeness (QED) is 0.332. The van der Waals surface area contributed by atoms with Crippen LogP contribution >= 0.6 is 79.6 Å². The molecule has 0 saturated heterocycles. The monoisotopic (exact) mass is 544 g/mol. The van der Waals surface area contributed by atoms with E-state index in [9.17, 15) is 0 Å². The molecule has 0 atom stereocenters. The lowest BCUT2D eigenvalue weighted by Gasteiger charge is -2.08. The number of rotatable bonds is 1. The van der Waals surface area contributed by atoms with Gasteiger partial charge >= 0.3 is 0 Å². The van der Waals surface area contributed by atoms with E-state index >= 15 is 0 Å². The maximum absolute atomic E-state index is 3.59. The molecule has 0 amide bonds. The van der Waals surface area contributed by atoms with Gasteiger partial charge in [0.2, 0.25) is 0 Å². The summed E-state index contributed by atoms with van der Waals surface area (Å²) in [5.74, 6) is 0. The zero-order valence-corrected chi connectivity index (χ0v) is 16.2. The summed E-state index contributed by atoms with van der Waals surface area (Å²) in [6.07, 6.45) is 0. The third-order valence-corrected chi connectivity index (χ3v) is 5.60. The lowest BCUT2D eigenvalue weighted by Crippen LogP contribution is -1.83. The first-order chi connectivity index (χ1) is 7.97. The Hall–Kier alpha value is 0.840. The summed E-state index contributed by atoms with van der Waals surface area (Å²) < 4.78 is 5.21. The average Bonchev–Trinajstić information content (AvgIpc) is 2.22. The van der Waals surface area contributed by atoms with Crippen LogP contribution in [-0.4, -0.2) is 0 Å². The smallest absolute Gasteiger partial charge is 0.0329 e. The van der Waals surface area contributed by atoms with Crippen molar-refractivity contribution in [3.8, 4) is 11.1 Å². The molecule has 0 spiro atoms. The van der Waals surface area contributed by atoms with E-state index in [2.05, 4.69) is 97.8 Å². The van der Waals surface area contributed by atoms with Crippen LogP contribution < -0.4 is 0 Å². The Balaban J connectivity index is 2.64. The second-order valence-corrected chi connectivity index (χ2v) is 7.80. The molecule has 0 aromatic heterocycles. The van der Waals surface area contributed by atoms with Gasteiger partial charge in [0.1, 0.15) is 0 Å². The standard InChI is InChI=1S/C12H5Br5/c13-7-1-6(2-8(14)3-7)9-4-11(16)12(17)5-10(9)15/h1-5H. The minimum absolute atomic E-state index is 1.03. The van der Waals surface area contributed by atoms with Crippen molar-refractivity contribution >= 4 is 79.6 Å². The van der Waals surface area contributed by atoms with Crippen molar-refractivity contribution in [3.05, 3.63) is 52.7 Å². The van der Waals surface area contributed by atoms with Crippen LogP contribution in [0.3, 0.4) is 0 Å². The summed E-state index contributed by atoms with van der Waals surface area (Å²) in [5, 5.41) is 0. The molecule has 0 aliphatic heterocycles. The van der Waals surface area contributed by atoms with Gasteiger partial charge in [0.15, 0.2) is 0 Å². The first-order valence-electron chi connectivity index (χ1n) is 4.58. The minimum atomic E-state index is 1.03. The van der Waals surface area contributed by atoms with Crippen LogP contribution in [-0.2, 0) is 0 Å². The van der Waals surface area contributed by atoms with Gasteiger partial charge < -0.3 is 0 Å². The first-order valence-corrected chi connectivity index (χ1v) is 8.55. The van der Waals surface area contributed by atoms with E-state index in [0.29, 0.717) is 0 Å². The van der Waals surface area contributed by atoms with Gasteiger partial charge in [-0.05, 0) is 73.3 Å². The normalized spacial score (nSPS) is 10.6. The Morgan fingerprint density at radius 2 is 1.06 bits per heavy atom. The molecule has 0 heterocycles. The van der Waals surface area contributed by atoms with Gasteiger partial charge in [-0.15, -0.1) is 0 Å². The van der Waals surface area contributed by atoms with E-state index in [1.54, 1.807) is 0 Å². The molecule has 0 aliphatic rings. The summed E-state index contributed by atoms with van der Waals surface area (Å²) in [7, 11) is 0. The summed E-state index contributed by atoms with van der Waals surface area (Å²) in [6, 6.07) is 10.3. The van der Waals surface area contributed by atoms with E-state index < -0.39 is 0 Å². The highest BCUT2D eigenvalue weighted by atomic mass is 79.9. The highest BCUT2D eigenvalue weighted by Crippen LogP contribution is 2.37. The predicted molar refractivity (Wildman–Crippen MR) is 90.4 cm³/mol. The minimum Gasteiger partial charge on any atom is -0.0508 e. The van der Waals surface area contributed by atoms with Crippen molar-refractivity contribution in [3.63, 3.8) is 0 Å². The van der Waals surface area contributed by atoms with E-state index in [0.717, 1.165) is 33.5 Å². The fourth-order valence-electron chi connectivity index (χ4n) is 1.45. The number of hydrogen-bond acceptors (Lipinski definition) is 0. The molecule has 5 heteroatoms. The molecular weight excluding hydrogens is 544 g/mol. The second kappa shape index (κ2) is 5.87. The number of halogens is 5. The van der Waals surface area contributed by atoms with Gasteiger partial charge in [-0.3, -0.25) is 0 Å². The van der Waals surface area contributed by atoms with Crippen LogP contribution in [0.4, 0.5) is 0 Å². The SMILES string of the molecule is Brc1cc(Br)cc(-c2cc(Br)c(Br)cc2Br)c1. The summed E-state index contributed by atoms with van der Waals surface area (Å²) >= 11 is 17.6. The van der Waals surface area contributed by atoms with E-state index in [-0.39, 0.29) is 0 Å². The largest absolute Gasteiger partial charge is 0.0508 e. The molecule has 2 aromatic carbocycles. The number of hydrogen-bond donors (Lipinski definition) is 0. The summed E-state index contributed by atoms with van der Waals surface area (Å²) in [5.41, 5.74) is 2.29. The fraction of sp³-hybridized carbons (Fsp3) is 0. The third kappa shape index (κ3) is 3.44. The van der Waals surface area contributed by atoms with E-state index in [4.69, 9.17) is 0 Å². The maximum Gasteiger partial charge on any atom is 0.0329 e. The third-order valence-electron chi connectivity index (χ3n) is 2.18. The molecule has 0 unspecified atom stereocenters. The fourth-order valence-corrected chi connectivity index (χ4v) is 4.31. The van der Waals surface area contributed by atoms with Crippen molar-refractivity contribution in [1.82, 2.24) is 0 Å². The maximum atomic E-state index is 3.59. The van der Waals surface area contributed by atoms with Gasteiger partial charge in [0, 0.05) is 22.4 Å². The van der Waals surface area contributed by atoms with Gasteiger partial charge in [-0.2, -0.15) is 0 Å². The van der Waals surface area contributed by atoms with Crippen LogP contribution in [0.5, 0.6) is 0 Å². The molecule has 17 heavy (non-hydrogen) atoms. The molecule has 2 aromatic rings. The molecule has 0 bridgehead atoms. The van der Waals surface area contributed by atoms with Crippen LogP contribution in [0.1, 0.15) is 0 Å². The predicted octanol–water partition coefficient (Wildman–Crippen LogP) is 7.17. The second-order valence-electron chi connectivity index (χ2n) is 3.40. The topological polar surface area (TPSA) is 0 Å². The van der Waals surface area contributed by atoms with Gasteiger partial charge in [-0.25, -0.2) is 0 Å². The lowest BCUT2D eigenvalue weighted by atomic mass is 10.1. The molecule has 0 aliphatic carbocycles. The Kier molecular flexibility index (Phi) is 4.92. The van der Waals surface area contributed by atoms with Gasteiger partial charge in [-0.1, -0.05) is 47.8 Å². The van der Waals surface area contributed by atoms with Crippen LogP contribution in [0.2, 0.25) is 0 Å². The molecule has 2 rings (SSSR count). The van der Waals surface area contributed by atoms with Crippen molar-refractivity contribution in [1.29, 1.82) is 0 Å². The Bertz CT molecular complexity index is 557. The zero-order chi connectivity index (χ0) is 12.6. The number of benzene rings is 2. The first kappa shape index (κ1) is 14.3. The Morgan fingerprint density at radius 3 is 1.65 bits per heavy atom. The van der Waals surface area contributed by atoms with Crippen molar-refractivity contribution in [2.75, 3.05) is 0 Å². The zero-order valence-electron chi connectivity index (χ0n) is 8.28. The molecular formula is C12H5Br5. The molecule has 0 N–H and O–H groups in total. The Labute approximate surface area is 142 Å². The lowest BCUT2D eigenvalue weighted by molar-refractivity contribution is 1.50. The molecule has 88 valence electrons. The molecule has 0 radical (unpaired) electrons. The van der Waals surface area contributed by atoms with Gasteiger partial charge in [0.25, 0.3) is 0 Å². The van der Waals surface area contributed by atoms with Gasteiger partial charge in [0.05, 0.1) is 0 Å². The Morgan fingerprint density at radius 1 is 0.529 bits per heavy atom. The highest BCUT2D eigenvalue weighted by Gasteiger charge is 2.08. The summed E-state index contributed by atoms with van der Waals surface area (Å²) in [4.78, 5) is 0. The van der Waals surface area contributed by atoms with Crippen LogP contribution in [0.25, 0.3) is 11.1 Å². The summed E-state index contributed by atoms with van der Waals surface area (Å²) in [6.45, 7) is 0. The molecule has 0 fully saturated rings. The van der Waals surface area contributed by atoms with Crippen molar-refractivity contribution in [2.45, 2.75) is 0 Å². The van der Waals surface area contributed by atoms with Crippen LogP contribution in [0.15, 0.2) is 52.7 Å². The van der Waals surface area contributed by atoms with Crippen molar-refractivity contribution in [2.24, 2.45) is 0 Å². The van der Waals surface area contributed by atoms with Crippen LogP contribution in [0, 0.1) is 0 Å². The van der Waals surface area contributed by atoms with E-state index in [1.807, 2.05) is 12.1 Å². The molecule has 0 saturated carbocycles. The highest BCUT2D eigenvalue weighted by molar-refractivity contribution is 9.13. The average molecular weight is 549 g/mol. The molecule has 0 nitrogen and oxygen atoms in total. The van der Waals surface area contributed by atoms with E-state index in [1.165, 1.54) is 0 Å².